The molecule has 3 nitrogen and oxygen atoms in total. The van der Waals surface area contributed by atoms with Crippen LogP contribution in [0.5, 0.6) is 0 Å². The summed E-state index contributed by atoms with van der Waals surface area (Å²) < 4.78 is 2.27. The topological polar surface area (TPSA) is 34.9 Å². The maximum absolute atomic E-state index is 12.7. The minimum atomic E-state index is 0.165. The first-order valence-corrected chi connectivity index (χ1v) is 8.60. The monoisotopic (exact) mass is 310 g/mol. The van der Waals surface area contributed by atoms with Crippen LogP contribution in [0.2, 0.25) is 0 Å². The molecule has 3 aromatic rings. The molecule has 1 aliphatic carbocycles. The molecule has 1 aromatic carbocycles. The van der Waals surface area contributed by atoms with Crippen LogP contribution in [0.1, 0.15) is 33.8 Å². The lowest BCUT2D eigenvalue weighted by atomic mass is 10.1. The van der Waals surface area contributed by atoms with Crippen LogP contribution in [0, 0.1) is 12.8 Å². The van der Waals surface area contributed by atoms with Gasteiger partial charge < -0.3 is 4.57 Å². The molecule has 0 N–H and O–H groups in total. The van der Waals surface area contributed by atoms with Gasteiger partial charge in [0, 0.05) is 40.8 Å². The van der Waals surface area contributed by atoms with Crippen molar-refractivity contribution in [2.45, 2.75) is 32.7 Å². The summed E-state index contributed by atoms with van der Waals surface area (Å²) in [5, 5.41) is 3.88. The van der Waals surface area contributed by atoms with E-state index in [0.29, 0.717) is 6.42 Å². The fourth-order valence-electron chi connectivity index (χ4n) is 2.93. The fraction of sp³-hybridized carbons (Fsp3) is 0.333. The first-order chi connectivity index (χ1) is 10.7. The summed E-state index contributed by atoms with van der Waals surface area (Å²) >= 11 is 1.54. The van der Waals surface area contributed by atoms with Gasteiger partial charge in [0.2, 0.25) is 0 Å². The zero-order valence-corrected chi connectivity index (χ0v) is 13.4. The molecule has 0 amide bonds. The van der Waals surface area contributed by atoms with Gasteiger partial charge in [0.1, 0.15) is 5.01 Å². The molecule has 22 heavy (non-hydrogen) atoms. The highest BCUT2D eigenvalue weighted by Gasteiger charge is 2.24. The van der Waals surface area contributed by atoms with Gasteiger partial charge in [-0.05, 0) is 37.3 Å². The van der Waals surface area contributed by atoms with Gasteiger partial charge in [0.15, 0.2) is 5.78 Å². The number of aryl methyl sites for hydroxylation is 1. The maximum Gasteiger partial charge on any atom is 0.171 e. The normalized spacial score (nSPS) is 14.6. The van der Waals surface area contributed by atoms with Crippen LogP contribution in [-0.4, -0.2) is 15.3 Å². The third-order valence-electron chi connectivity index (χ3n) is 4.29. The second kappa shape index (κ2) is 5.36. The Morgan fingerprint density at radius 2 is 2.27 bits per heavy atom. The van der Waals surface area contributed by atoms with Gasteiger partial charge in [-0.2, -0.15) is 0 Å². The summed E-state index contributed by atoms with van der Waals surface area (Å²) in [6.45, 7) is 3.13. The van der Waals surface area contributed by atoms with E-state index in [4.69, 9.17) is 0 Å². The Kier molecular flexibility index (Phi) is 3.34. The molecule has 4 heteroatoms. The van der Waals surface area contributed by atoms with Crippen LogP contribution in [0.25, 0.3) is 10.9 Å². The Hall–Kier alpha value is -1.94. The Balaban J connectivity index is 1.74. The number of nitrogens with zero attached hydrogens (tertiary/aromatic N) is 2. The molecule has 4 rings (SSSR count). The number of benzene rings is 1. The zero-order valence-electron chi connectivity index (χ0n) is 12.6. The minimum Gasteiger partial charge on any atom is -0.346 e. The molecule has 0 bridgehead atoms. The molecule has 1 aliphatic rings. The lowest BCUT2D eigenvalue weighted by molar-refractivity contribution is 0.0994. The van der Waals surface area contributed by atoms with Crippen molar-refractivity contribution in [2.24, 2.45) is 5.92 Å². The first-order valence-electron chi connectivity index (χ1n) is 7.72. The summed E-state index contributed by atoms with van der Waals surface area (Å²) in [5.74, 6) is 0.955. The Labute approximate surface area is 133 Å². The second-order valence-electron chi connectivity index (χ2n) is 6.18. The van der Waals surface area contributed by atoms with E-state index in [2.05, 4.69) is 40.9 Å². The van der Waals surface area contributed by atoms with Crippen molar-refractivity contribution in [1.29, 1.82) is 0 Å². The van der Waals surface area contributed by atoms with Crippen LogP contribution < -0.4 is 0 Å². The van der Waals surface area contributed by atoms with Crippen LogP contribution in [0.4, 0.5) is 0 Å². The van der Waals surface area contributed by atoms with Gasteiger partial charge in [-0.25, -0.2) is 4.98 Å². The first kappa shape index (κ1) is 13.7. The maximum atomic E-state index is 12.7. The molecule has 112 valence electrons. The van der Waals surface area contributed by atoms with Crippen LogP contribution >= 0.6 is 11.3 Å². The van der Waals surface area contributed by atoms with Crippen LogP contribution in [0.3, 0.4) is 0 Å². The van der Waals surface area contributed by atoms with Crippen molar-refractivity contribution in [2.75, 3.05) is 0 Å². The van der Waals surface area contributed by atoms with Crippen molar-refractivity contribution in [1.82, 2.24) is 9.55 Å². The second-order valence-corrected chi connectivity index (χ2v) is 7.16. The van der Waals surface area contributed by atoms with E-state index in [0.717, 1.165) is 28.4 Å². The molecule has 0 spiro atoms. The summed E-state index contributed by atoms with van der Waals surface area (Å²) in [7, 11) is 0. The summed E-state index contributed by atoms with van der Waals surface area (Å²) in [5.41, 5.74) is 3.27. The predicted octanol–water partition coefficient (Wildman–Crippen LogP) is 4.24. The lowest BCUT2D eigenvalue weighted by Gasteiger charge is -2.03. The molecule has 0 atom stereocenters. The number of hydrogen-bond donors (Lipinski definition) is 0. The number of fused-ring (bicyclic) bond motifs is 1. The summed E-state index contributed by atoms with van der Waals surface area (Å²) in [6.07, 6.45) is 6.83. The van der Waals surface area contributed by atoms with E-state index in [1.807, 2.05) is 5.38 Å². The molecule has 0 unspecified atom stereocenters. The highest BCUT2D eigenvalue weighted by Crippen LogP contribution is 2.33. The van der Waals surface area contributed by atoms with Gasteiger partial charge in [-0.15, -0.1) is 11.3 Å². The van der Waals surface area contributed by atoms with E-state index in [1.54, 1.807) is 17.5 Å². The van der Waals surface area contributed by atoms with Crippen LogP contribution in [-0.2, 0) is 13.0 Å². The number of Topliss-reactive ketones (excluding diaryl/α,β-unsaturated/α-hetero) is 1. The third kappa shape index (κ3) is 2.59. The van der Waals surface area contributed by atoms with Gasteiger partial charge in [0.25, 0.3) is 0 Å². The number of carbonyl (C=O) groups is 1. The van der Waals surface area contributed by atoms with Crippen molar-refractivity contribution >= 4 is 28.0 Å². The van der Waals surface area contributed by atoms with Crippen molar-refractivity contribution < 1.29 is 4.79 Å². The third-order valence-corrected chi connectivity index (χ3v) is 5.06. The number of thiazole rings is 1. The van der Waals surface area contributed by atoms with Crippen molar-refractivity contribution in [3.05, 3.63) is 52.1 Å². The van der Waals surface area contributed by atoms with E-state index < -0.39 is 0 Å². The number of aromatic nitrogens is 2. The molecule has 2 aromatic heterocycles. The average Bonchev–Trinajstić information content (AvgIpc) is 3.03. The molecule has 0 radical (unpaired) electrons. The Morgan fingerprint density at radius 1 is 1.41 bits per heavy atom. The highest BCUT2D eigenvalue weighted by atomic mass is 32.1. The fourth-order valence-corrected chi connectivity index (χ4v) is 3.54. The molecule has 2 heterocycles. The quantitative estimate of drug-likeness (QED) is 0.661. The molecule has 0 saturated heterocycles. The van der Waals surface area contributed by atoms with Gasteiger partial charge in [-0.3, -0.25) is 4.79 Å². The van der Waals surface area contributed by atoms with Gasteiger partial charge in [-0.1, -0.05) is 12.1 Å². The van der Waals surface area contributed by atoms with Gasteiger partial charge >= 0.3 is 0 Å². The SMILES string of the molecule is Cc1ccc2c(C(=O)Cc3nccs3)cn(CC3CC3)c2c1. The van der Waals surface area contributed by atoms with Crippen LogP contribution in [0.15, 0.2) is 36.0 Å². The van der Waals surface area contributed by atoms with E-state index >= 15 is 0 Å². The minimum absolute atomic E-state index is 0.165. The Morgan fingerprint density at radius 3 is 3.00 bits per heavy atom. The summed E-state index contributed by atoms with van der Waals surface area (Å²) in [6, 6.07) is 6.37. The Bertz CT molecular complexity index is 828. The number of carbonyl (C=O) groups excluding carboxylic acids is 1. The van der Waals surface area contributed by atoms with E-state index in [-0.39, 0.29) is 5.78 Å². The lowest BCUT2D eigenvalue weighted by Crippen LogP contribution is -2.03. The molecule has 0 aliphatic heterocycles. The van der Waals surface area contributed by atoms with E-state index in [1.165, 1.54) is 23.9 Å². The standard InChI is InChI=1S/C18H18N2OS/c1-12-2-5-14-15(17(21)9-18-19-6-7-22-18)11-20(16(14)8-12)10-13-3-4-13/h2,5-8,11,13H,3-4,9-10H2,1H3. The number of rotatable bonds is 5. The highest BCUT2D eigenvalue weighted by molar-refractivity contribution is 7.09. The smallest absolute Gasteiger partial charge is 0.171 e. The number of hydrogen-bond acceptors (Lipinski definition) is 3. The predicted molar refractivity (Wildman–Crippen MR) is 89.5 cm³/mol. The molecular weight excluding hydrogens is 292 g/mol. The van der Waals surface area contributed by atoms with Crippen molar-refractivity contribution in [3.63, 3.8) is 0 Å². The van der Waals surface area contributed by atoms with Crippen molar-refractivity contribution in [3.8, 4) is 0 Å². The largest absolute Gasteiger partial charge is 0.346 e. The average molecular weight is 310 g/mol. The van der Waals surface area contributed by atoms with Gasteiger partial charge in [0.05, 0.1) is 6.42 Å². The number of ketones is 1. The molecule has 1 fully saturated rings. The molecule has 1 saturated carbocycles. The zero-order chi connectivity index (χ0) is 15.1. The molecular formula is C18H18N2OS. The summed E-state index contributed by atoms with van der Waals surface area (Å²) in [4.78, 5) is 16.9. The van der Waals surface area contributed by atoms with E-state index in [9.17, 15) is 4.79 Å².